The number of nitrogens with zero attached hydrogens (tertiary/aromatic N) is 1. The summed E-state index contributed by atoms with van der Waals surface area (Å²) in [6, 6.07) is 0. The predicted octanol–water partition coefficient (Wildman–Crippen LogP) is 0.995. The van der Waals surface area contributed by atoms with Gasteiger partial charge in [-0.05, 0) is 20.0 Å². The van der Waals surface area contributed by atoms with Crippen LogP contribution in [0.2, 0.25) is 6.82 Å². The summed E-state index contributed by atoms with van der Waals surface area (Å²) in [4.78, 5) is 2.18. The highest BCUT2D eigenvalue weighted by atomic mass is 15.0. The molecule has 0 rings (SSSR count). The molecule has 0 aromatic heterocycles. The van der Waals surface area contributed by atoms with Crippen LogP contribution in [0, 0.1) is 0 Å². The van der Waals surface area contributed by atoms with Crippen LogP contribution in [0.5, 0.6) is 0 Å². The van der Waals surface area contributed by atoms with Crippen LogP contribution >= 0.6 is 0 Å². The van der Waals surface area contributed by atoms with Crippen molar-refractivity contribution in [1.82, 2.24) is 4.81 Å². The molecule has 0 unspecified atom stereocenters. The molecular weight excluding hydrogens is 84.9 g/mol. The minimum Gasteiger partial charge on any atom is -0.349 e. The summed E-state index contributed by atoms with van der Waals surface area (Å²) in [5, 5.41) is 0. The molecule has 0 amide bonds. The molecule has 0 saturated carbocycles. The molecule has 0 bridgehead atoms. The fourth-order valence-electron chi connectivity index (χ4n) is 0.482. The van der Waals surface area contributed by atoms with E-state index in [1.165, 1.54) is 13.0 Å². The van der Waals surface area contributed by atoms with Crippen molar-refractivity contribution in [2.45, 2.75) is 20.2 Å². The molecule has 0 saturated heterocycles. The number of hydrogen-bond donors (Lipinski definition) is 0. The van der Waals surface area contributed by atoms with E-state index in [2.05, 4.69) is 33.0 Å². The van der Waals surface area contributed by atoms with Crippen molar-refractivity contribution in [2.24, 2.45) is 0 Å². The van der Waals surface area contributed by atoms with Crippen molar-refractivity contribution in [3.63, 3.8) is 0 Å². The molecule has 7 heavy (non-hydrogen) atoms. The second kappa shape index (κ2) is 4.19. The second-order valence-corrected chi connectivity index (χ2v) is 1.74. The number of rotatable bonds is 3. The first kappa shape index (κ1) is 7.02. The van der Waals surface area contributed by atoms with E-state index >= 15 is 0 Å². The van der Waals surface area contributed by atoms with Crippen LogP contribution in [0.15, 0.2) is 0 Å². The van der Waals surface area contributed by atoms with Gasteiger partial charge >= 0.3 is 0 Å². The van der Waals surface area contributed by atoms with Crippen molar-refractivity contribution in [2.75, 3.05) is 13.6 Å². The first-order valence-electron chi connectivity index (χ1n) is 2.81. The minimum absolute atomic E-state index is 1.18. The van der Waals surface area contributed by atoms with Gasteiger partial charge in [0, 0.05) is 0 Å². The van der Waals surface area contributed by atoms with Crippen LogP contribution in [0.1, 0.15) is 13.3 Å². The summed E-state index contributed by atoms with van der Waals surface area (Å²) >= 11 is 0. The van der Waals surface area contributed by atoms with Crippen molar-refractivity contribution >= 4 is 7.41 Å². The second-order valence-electron chi connectivity index (χ2n) is 1.74. The van der Waals surface area contributed by atoms with Gasteiger partial charge in [0.05, 0.1) is 0 Å². The summed E-state index contributed by atoms with van der Waals surface area (Å²) in [5.41, 5.74) is 0. The molecule has 0 aliphatic heterocycles. The lowest BCUT2D eigenvalue weighted by molar-refractivity contribution is 0.531. The maximum atomic E-state index is 2.18. The van der Waals surface area contributed by atoms with E-state index in [0.29, 0.717) is 0 Å². The molecule has 0 aliphatic carbocycles. The van der Waals surface area contributed by atoms with Gasteiger partial charge in [0.2, 0.25) is 7.41 Å². The average molecular weight is 98.0 g/mol. The number of hydrogen-bond acceptors (Lipinski definition) is 1. The summed E-state index contributed by atoms with van der Waals surface area (Å²) in [7, 11) is 4.17. The Morgan fingerprint density at radius 1 is 1.57 bits per heavy atom. The third-order valence-corrected chi connectivity index (χ3v) is 1.02. The zero-order chi connectivity index (χ0) is 5.70. The molecule has 0 spiro atoms. The highest BCUT2D eigenvalue weighted by Gasteiger charge is 1.88. The summed E-state index contributed by atoms with van der Waals surface area (Å²) < 4.78 is 0. The third-order valence-electron chi connectivity index (χ3n) is 1.02. The van der Waals surface area contributed by atoms with Gasteiger partial charge < -0.3 is 4.81 Å². The molecule has 0 aliphatic rings. The normalized spacial score (nSPS) is 9.71. The van der Waals surface area contributed by atoms with Crippen molar-refractivity contribution in [1.29, 1.82) is 0 Å². The maximum absolute atomic E-state index is 2.18. The molecule has 0 aromatic rings. The maximum Gasteiger partial charge on any atom is 0.204 e. The first-order chi connectivity index (χ1) is 3.31. The predicted molar refractivity (Wildman–Crippen MR) is 34.5 cm³/mol. The topological polar surface area (TPSA) is 3.24 Å². The molecule has 0 aromatic carbocycles. The molecule has 41 valence electrons. The standard InChI is InChI=1S/C5H13BN/c1-4-5-7(3)6-2/h4-5H2,1-3H3. The fraction of sp³-hybridized carbons (Fsp3) is 1.00. The summed E-state index contributed by atoms with van der Waals surface area (Å²) in [6.07, 6.45) is 1.24. The first-order valence-corrected chi connectivity index (χ1v) is 2.81. The Bertz CT molecular complexity index is 39.1. The zero-order valence-electron chi connectivity index (χ0n) is 5.44. The van der Waals surface area contributed by atoms with Crippen LogP contribution in [-0.4, -0.2) is 25.8 Å². The monoisotopic (exact) mass is 98.1 g/mol. The van der Waals surface area contributed by atoms with E-state index in [1.807, 2.05) is 0 Å². The lowest BCUT2D eigenvalue weighted by Gasteiger charge is -2.09. The third kappa shape index (κ3) is 3.87. The van der Waals surface area contributed by atoms with Gasteiger partial charge in [-0.2, -0.15) is 0 Å². The molecule has 1 nitrogen and oxygen atoms in total. The van der Waals surface area contributed by atoms with Crippen molar-refractivity contribution in [3.8, 4) is 0 Å². The minimum atomic E-state index is 1.18. The van der Waals surface area contributed by atoms with E-state index in [1.54, 1.807) is 0 Å². The van der Waals surface area contributed by atoms with Gasteiger partial charge in [-0.25, -0.2) is 0 Å². The van der Waals surface area contributed by atoms with E-state index in [9.17, 15) is 0 Å². The van der Waals surface area contributed by atoms with Gasteiger partial charge in [-0.15, -0.1) is 0 Å². The van der Waals surface area contributed by atoms with Gasteiger partial charge in [0.15, 0.2) is 0 Å². The quantitative estimate of drug-likeness (QED) is 0.476. The van der Waals surface area contributed by atoms with Crippen LogP contribution in [0.3, 0.4) is 0 Å². The Kier molecular flexibility index (Phi) is 4.21. The molecule has 1 radical (unpaired) electrons. The Balaban J connectivity index is 2.83. The molecule has 0 atom stereocenters. The van der Waals surface area contributed by atoms with Gasteiger partial charge in [-0.3, -0.25) is 0 Å². The van der Waals surface area contributed by atoms with Gasteiger partial charge in [0.25, 0.3) is 0 Å². The van der Waals surface area contributed by atoms with Crippen LogP contribution in [0.4, 0.5) is 0 Å². The van der Waals surface area contributed by atoms with Gasteiger partial charge in [-0.1, -0.05) is 13.7 Å². The molecule has 2 heteroatoms. The molecular formula is C5H13BN. The Hall–Kier alpha value is 0.0249. The fourth-order valence-corrected chi connectivity index (χ4v) is 0.482. The Labute approximate surface area is 47.0 Å². The molecule has 0 N–H and O–H groups in total. The van der Waals surface area contributed by atoms with E-state index < -0.39 is 0 Å². The van der Waals surface area contributed by atoms with E-state index in [-0.39, 0.29) is 0 Å². The summed E-state index contributed by atoms with van der Waals surface area (Å²) in [5.74, 6) is 0. The molecule has 0 fully saturated rings. The Morgan fingerprint density at radius 3 is 2.29 bits per heavy atom. The van der Waals surface area contributed by atoms with E-state index in [4.69, 9.17) is 0 Å². The van der Waals surface area contributed by atoms with Gasteiger partial charge in [0.1, 0.15) is 0 Å². The SMILES string of the molecule is C[B]N(C)CCC. The smallest absolute Gasteiger partial charge is 0.204 e. The highest BCUT2D eigenvalue weighted by molar-refractivity contribution is 6.29. The van der Waals surface area contributed by atoms with E-state index in [0.717, 1.165) is 0 Å². The van der Waals surface area contributed by atoms with Crippen LogP contribution in [-0.2, 0) is 0 Å². The Morgan fingerprint density at radius 2 is 2.14 bits per heavy atom. The summed E-state index contributed by atoms with van der Waals surface area (Å²) in [6.45, 7) is 5.41. The molecule has 0 heterocycles. The van der Waals surface area contributed by atoms with Crippen LogP contribution < -0.4 is 0 Å². The highest BCUT2D eigenvalue weighted by Crippen LogP contribution is 1.80. The van der Waals surface area contributed by atoms with Crippen molar-refractivity contribution in [3.05, 3.63) is 0 Å². The average Bonchev–Trinajstić information content (AvgIpc) is 1.68. The van der Waals surface area contributed by atoms with Crippen molar-refractivity contribution < 1.29 is 0 Å². The largest absolute Gasteiger partial charge is 0.349 e. The zero-order valence-corrected chi connectivity index (χ0v) is 5.44. The lowest BCUT2D eigenvalue weighted by atomic mass is 9.97. The lowest BCUT2D eigenvalue weighted by Crippen LogP contribution is -2.20. The van der Waals surface area contributed by atoms with Crippen LogP contribution in [0.25, 0.3) is 0 Å².